The molecule has 0 aliphatic carbocycles. The molecule has 26 heavy (non-hydrogen) atoms. The quantitative estimate of drug-likeness (QED) is 0.747. The van der Waals surface area contributed by atoms with Crippen LogP contribution in [0.15, 0.2) is 30.5 Å². The van der Waals surface area contributed by atoms with Crippen molar-refractivity contribution in [3.05, 3.63) is 47.4 Å². The van der Waals surface area contributed by atoms with Gasteiger partial charge in [-0.3, -0.25) is 4.98 Å². The fourth-order valence-electron chi connectivity index (χ4n) is 3.82. The minimum absolute atomic E-state index is 0.753. The molecule has 0 N–H and O–H groups in total. The van der Waals surface area contributed by atoms with Crippen LogP contribution in [0.4, 0.5) is 5.69 Å². The van der Waals surface area contributed by atoms with Gasteiger partial charge in [0, 0.05) is 37.8 Å². The second kappa shape index (κ2) is 8.04. The largest absolute Gasteiger partial charge is 0.478 e. The third-order valence-electron chi connectivity index (χ3n) is 5.35. The molecule has 2 aromatic heterocycles. The van der Waals surface area contributed by atoms with E-state index in [1.54, 1.807) is 0 Å². The van der Waals surface area contributed by atoms with Gasteiger partial charge in [-0.1, -0.05) is 6.07 Å². The van der Waals surface area contributed by atoms with E-state index < -0.39 is 0 Å². The van der Waals surface area contributed by atoms with Gasteiger partial charge in [0.05, 0.1) is 24.2 Å². The van der Waals surface area contributed by atoms with Gasteiger partial charge in [0.1, 0.15) is 0 Å². The molecule has 138 valence electrons. The first-order valence-corrected chi connectivity index (χ1v) is 9.79. The Labute approximate surface area is 156 Å². The smallest absolute Gasteiger partial charge is 0.213 e. The molecule has 0 aromatic carbocycles. The number of rotatable bonds is 6. The van der Waals surface area contributed by atoms with Gasteiger partial charge in [-0.25, -0.2) is 4.98 Å². The Hall–Kier alpha value is -2.14. The summed E-state index contributed by atoms with van der Waals surface area (Å²) in [6.45, 7) is 8.29. The molecule has 0 saturated carbocycles. The standard InChI is InChI=1S/C21H28N4O/c1-17-5-7-19(15-22-17)25-13-9-20-18(16-25)6-8-21(23-20)26-14-4-12-24-10-2-3-11-24/h5-8,15H,2-4,9-14,16H2,1H3. The highest BCUT2D eigenvalue weighted by molar-refractivity contribution is 5.47. The lowest BCUT2D eigenvalue weighted by Gasteiger charge is -2.30. The summed E-state index contributed by atoms with van der Waals surface area (Å²) in [5.41, 5.74) is 4.71. The van der Waals surface area contributed by atoms with Crippen LogP contribution in [0.1, 0.15) is 36.2 Å². The van der Waals surface area contributed by atoms with E-state index >= 15 is 0 Å². The second-order valence-electron chi connectivity index (χ2n) is 7.34. The van der Waals surface area contributed by atoms with E-state index in [4.69, 9.17) is 9.72 Å². The number of hydrogen-bond acceptors (Lipinski definition) is 5. The topological polar surface area (TPSA) is 41.5 Å². The molecule has 2 aliphatic rings. The lowest BCUT2D eigenvalue weighted by Crippen LogP contribution is -2.31. The summed E-state index contributed by atoms with van der Waals surface area (Å²) >= 11 is 0. The van der Waals surface area contributed by atoms with Crippen molar-refractivity contribution in [1.29, 1.82) is 0 Å². The maximum Gasteiger partial charge on any atom is 0.213 e. The van der Waals surface area contributed by atoms with Crippen molar-refractivity contribution in [1.82, 2.24) is 14.9 Å². The van der Waals surface area contributed by atoms with Crippen LogP contribution in [0.25, 0.3) is 0 Å². The molecule has 0 spiro atoms. The summed E-state index contributed by atoms with van der Waals surface area (Å²) in [7, 11) is 0. The number of fused-ring (bicyclic) bond motifs is 1. The Kier molecular flexibility index (Phi) is 5.34. The van der Waals surface area contributed by atoms with E-state index in [2.05, 4.69) is 33.0 Å². The van der Waals surface area contributed by atoms with Crippen molar-refractivity contribution >= 4 is 5.69 Å². The SMILES string of the molecule is Cc1ccc(N2CCc3nc(OCCCN4CCCC4)ccc3C2)cn1. The molecule has 4 heterocycles. The van der Waals surface area contributed by atoms with Crippen molar-refractivity contribution in [3.63, 3.8) is 0 Å². The van der Waals surface area contributed by atoms with E-state index in [1.807, 2.05) is 19.2 Å². The van der Waals surface area contributed by atoms with Gasteiger partial charge in [-0.05, 0) is 57.0 Å². The molecule has 0 atom stereocenters. The average Bonchev–Trinajstić information content (AvgIpc) is 3.19. The maximum absolute atomic E-state index is 5.90. The third kappa shape index (κ3) is 4.15. The van der Waals surface area contributed by atoms with Gasteiger partial charge in [0.25, 0.3) is 0 Å². The summed E-state index contributed by atoms with van der Waals surface area (Å²) in [4.78, 5) is 14.1. The molecule has 0 unspecified atom stereocenters. The van der Waals surface area contributed by atoms with Gasteiger partial charge in [0.15, 0.2) is 0 Å². The fourth-order valence-corrected chi connectivity index (χ4v) is 3.82. The minimum atomic E-state index is 0.753. The molecular formula is C21H28N4O. The predicted octanol–water partition coefficient (Wildman–Crippen LogP) is 3.21. The normalized spacial score (nSPS) is 17.3. The highest BCUT2D eigenvalue weighted by Crippen LogP contribution is 2.24. The molecule has 4 rings (SSSR count). The monoisotopic (exact) mass is 352 g/mol. The van der Waals surface area contributed by atoms with Gasteiger partial charge in [-0.2, -0.15) is 0 Å². The Morgan fingerprint density at radius 3 is 2.77 bits per heavy atom. The Bertz CT molecular complexity index is 725. The summed E-state index contributed by atoms with van der Waals surface area (Å²) in [6.07, 6.45) is 6.69. The summed E-state index contributed by atoms with van der Waals surface area (Å²) in [5.74, 6) is 0.774. The van der Waals surface area contributed by atoms with Crippen LogP contribution in [0.5, 0.6) is 5.88 Å². The summed E-state index contributed by atoms with van der Waals surface area (Å²) in [6, 6.07) is 8.41. The zero-order valence-electron chi connectivity index (χ0n) is 15.7. The first-order valence-electron chi connectivity index (χ1n) is 9.79. The van der Waals surface area contributed by atoms with Crippen molar-refractivity contribution in [3.8, 4) is 5.88 Å². The molecule has 0 amide bonds. The van der Waals surface area contributed by atoms with Crippen LogP contribution in [0.2, 0.25) is 0 Å². The Morgan fingerprint density at radius 1 is 1.08 bits per heavy atom. The van der Waals surface area contributed by atoms with Gasteiger partial charge in [0.2, 0.25) is 5.88 Å². The number of pyridine rings is 2. The zero-order valence-corrected chi connectivity index (χ0v) is 15.7. The average molecular weight is 352 g/mol. The van der Waals surface area contributed by atoms with Crippen LogP contribution in [-0.2, 0) is 13.0 Å². The number of anilines is 1. The molecule has 2 aliphatic heterocycles. The minimum Gasteiger partial charge on any atom is -0.478 e. The van der Waals surface area contributed by atoms with E-state index in [0.717, 1.165) is 50.7 Å². The van der Waals surface area contributed by atoms with Gasteiger partial charge in [-0.15, -0.1) is 0 Å². The molecule has 1 fully saturated rings. The van der Waals surface area contributed by atoms with E-state index in [0.29, 0.717) is 0 Å². The summed E-state index contributed by atoms with van der Waals surface area (Å²) in [5, 5.41) is 0. The van der Waals surface area contributed by atoms with Crippen LogP contribution < -0.4 is 9.64 Å². The number of ether oxygens (including phenoxy) is 1. The second-order valence-corrected chi connectivity index (χ2v) is 7.34. The number of nitrogens with zero attached hydrogens (tertiary/aromatic N) is 4. The van der Waals surface area contributed by atoms with Crippen molar-refractivity contribution < 1.29 is 4.74 Å². The lowest BCUT2D eigenvalue weighted by atomic mass is 10.1. The molecular weight excluding hydrogens is 324 g/mol. The summed E-state index contributed by atoms with van der Waals surface area (Å²) < 4.78 is 5.90. The number of likely N-dealkylation sites (tertiary alicyclic amines) is 1. The Balaban J connectivity index is 1.31. The molecule has 0 bridgehead atoms. The highest BCUT2D eigenvalue weighted by atomic mass is 16.5. The van der Waals surface area contributed by atoms with Gasteiger partial charge >= 0.3 is 0 Å². The van der Waals surface area contributed by atoms with Crippen LogP contribution in [0.3, 0.4) is 0 Å². The third-order valence-corrected chi connectivity index (χ3v) is 5.35. The van der Waals surface area contributed by atoms with Crippen molar-refractivity contribution in [2.24, 2.45) is 0 Å². The maximum atomic E-state index is 5.90. The molecule has 1 saturated heterocycles. The van der Waals surface area contributed by atoms with Crippen molar-refractivity contribution in [2.45, 2.75) is 39.2 Å². The fraction of sp³-hybridized carbons (Fsp3) is 0.524. The zero-order chi connectivity index (χ0) is 17.8. The van der Waals surface area contributed by atoms with Crippen LogP contribution in [0, 0.1) is 6.92 Å². The van der Waals surface area contributed by atoms with E-state index in [9.17, 15) is 0 Å². The van der Waals surface area contributed by atoms with Gasteiger partial charge < -0.3 is 14.5 Å². The number of aryl methyl sites for hydroxylation is 1. The van der Waals surface area contributed by atoms with Crippen LogP contribution >= 0.6 is 0 Å². The molecule has 0 radical (unpaired) electrons. The number of hydrogen-bond donors (Lipinski definition) is 0. The highest BCUT2D eigenvalue weighted by Gasteiger charge is 2.18. The molecule has 2 aromatic rings. The Morgan fingerprint density at radius 2 is 1.96 bits per heavy atom. The first kappa shape index (κ1) is 17.3. The first-order chi connectivity index (χ1) is 12.8. The van der Waals surface area contributed by atoms with E-state index in [-0.39, 0.29) is 0 Å². The molecule has 5 heteroatoms. The molecule has 5 nitrogen and oxygen atoms in total. The van der Waals surface area contributed by atoms with Crippen molar-refractivity contribution in [2.75, 3.05) is 37.7 Å². The predicted molar refractivity (Wildman–Crippen MR) is 104 cm³/mol. The number of aromatic nitrogens is 2. The van der Waals surface area contributed by atoms with E-state index in [1.165, 1.54) is 42.9 Å². The van der Waals surface area contributed by atoms with Crippen LogP contribution in [-0.4, -0.2) is 47.7 Å². The lowest BCUT2D eigenvalue weighted by molar-refractivity contribution is 0.256.